The molecule has 1 fully saturated rings. The number of esters is 1. The maximum absolute atomic E-state index is 15.1. The largest absolute Gasteiger partial charge is 0.464 e. The number of halogens is 2. The Balaban J connectivity index is 1.91. The molecule has 0 amide bonds. The smallest absolute Gasteiger partial charge is 0.360 e. The summed E-state index contributed by atoms with van der Waals surface area (Å²) in [6, 6.07) is 3.02. The van der Waals surface area contributed by atoms with E-state index in [4.69, 9.17) is 9.47 Å². The number of hydrogen-bond donors (Lipinski definition) is 0. The molecule has 2 atom stereocenters. The number of aryl methyl sites for hydroxylation is 1. The lowest BCUT2D eigenvalue weighted by atomic mass is 9.95. The molecule has 1 saturated heterocycles. The predicted octanol–water partition coefficient (Wildman–Crippen LogP) is 4.16. The second kappa shape index (κ2) is 8.25. The molecule has 0 aliphatic carbocycles. The minimum atomic E-state index is -0.572. The van der Waals surface area contributed by atoms with E-state index < -0.39 is 17.8 Å². The van der Waals surface area contributed by atoms with E-state index >= 15 is 4.39 Å². The van der Waals surface area contributed by atoms with Crippen molar-refractivity contribution in [1.29, 1.82) is 0 Å². The molecule has 10 heteroatoms. The zero-order valence-electron chi connectivity index (χ0n) is 17.6. The van der Waals surface area contributed by atoms with Gasteiger partial charge in [0, 0.05) is 36.1 Å². The van der Waals surface area contributed by atoms with Crippen LogP contribution in [-0.2, 0) is 16.5 Å². The summed E-state index contributed by atoms with van der Waals surface area (Å²) in [5.41, 5.74) is 3.18. The highest BCUT2D eigenvalue weighted by atomic mass is 79.9. The first-order valence-corrected chi connectivity index (χ1v) is 11.1. The second-order valence-electron chi connectivity index (χ2n) is 7.80. The first kappa shape index (κ1) is 21.0. The van der Waals surface area contributed by atoms with Gasteiger partial charge >= 0.3 is 5.97 Å². The van der Waals surface area contributed by atoms with Crippen LogP contribution in [0.1, 0.15) is 41.4 Å². The van der Waals surface area contributed by atoms with Crippen LogP contribution in [0.5, 0.6) is 0 Å². The molecule has 0 radical (unpaired) electrons. The minimum Gasteiger partial charge on any atom is -0.464 e. The Kier molecular flexibility index (Phi) is 5.42. The van der Waals surface area contributed by atoms with Gasteiger partial charge in [0.1, 0.15) is 22.4 Å². The molecule has 8 nitrogen and oxygen atoms in total. The summed E-state index contributed by atoms with van der Waals surface area (Å²) in [5, 5.41) is 4.42. The molecule has 0 bridgehead atoms. The van der Waals surface area contributed by atoms with Gasteiger partial charge in [0.05, 0.1) is 31.0 Å². The zero-order chi connectivity index (χ0) is 22.4. The van der Waals surface area contributed by atoms with Crippen molar-refractivity contribution in [2.45, 2.75) is 31.4 Å². The maximum Gasteiger partial charge on any atom is 0.360 e. The summed E-state index contributed by atoms with van der Waals surface area (Å²) in [6.45, 7) is 0.592. The molecule has 1 aliphatic rings. The van der Waals surface area contributed by atoms with E-state index in [1.54, 1.807) is 30.2 Å². The fourth-order valence-electron chi connectivity index (χ4n) is 4.59. The molecule has 5 heterocycles. The molecule has 0 N–H and O–H groups in total. The molecule has 5 rings (SSSR count). The van der Waals surface area contributed by atoms with Gasteiger partial charge in [0.15, 0.2) is 5.69 Å². The number of carbonyl (C=O) groups is 1. The van der Waals surface area contributed by atoms with Gasteiger partial charge in [-0.2, -0.15) is 5.10 Å². The van der Waals surface area contributed by atoms with Crippen molar-refractivity contribution in [3.05, 3.63) is 52.3 Å². The summed E-state index contributed by atoms with van der Waals surface area (Å²) >= 11 is 3.50. The summed E-state index contributed by atoms with van der Waals surface area (Å²) in [6.07, 6.45) is 6.83. The van der Waals surface area contributed by atoms with Crippen LogP contribution in [-0.4, -0.2) is 50.1 Å². The van der Waals surface area contributed by atoms with Gasteiger partial charge in [0.25, 0.3) is 0 Å². The Morgan fingerprint density at radius 1 is 1.34 bits per heavy atom. The Hall–Kier alpha value is -2.85. The number of carbonyl (C=O) groups excluding carboxylic acids is 1. The van der Waals surface area contributed by atoms with Crippen molar-refractivity contribution in [2.24, 2.45) is 7.05 Å². The predicted molar refractivity (Wildman–Crippen MR) is 119 cm³/mol. The zero-order valence-corrected chi connectivity index (χ0v) is 19.2. The molecular weight excluding hydrogens is 481 g/mol. The molecule has 1 aliphatic heterocycles. The highest BCUT2D eigenvalue weighted by Gasteiger charge is 2.35. The number of rotatable bonds is 4. The van der Waals surface area contributed by atoms with E-state index in [0.29, 0.717) is 28.7 Å². The Morgan fingerprint density at radius 3 is 2.91 bits per heavy atom. The number of methoxy groups -OCH3 is 1. The van der Waals surface area contributed by atoms with Gasteiger partial charge in [-0.1, -0.05) is 0 Å². The highest BCUT2D eigenvalue weighted by molar-refractivity contribution is 9.10. The van der Waals surface area contributed by atoms with Crippen LogP contribution in [0.3, 0.4) is 0 Å². The van der Waals surface area contributed by atoms with Gasteiger partial charge in [-0.3, -0.25) is 14.6 Å². The van der Waals surface area contributed by atoms with Crippen molar-refractivity contribution in [1.82, 2.24) is 24.3 Å². The van der Waals surface area contributed by atoms with Crippen LogP contribution in [0.2, 0.25) is 0 Å². The molecule has 2 unspecified atom stereocenters. The Morgan fingerprint density at radius 2 is 2.19 bits per heavy atom. The van der Waals surface area contributed by atoms with Crippen molar-refractivity contribution in [3.63, 3.8) is 0 Å². The van der Waals surface area contributed by atoms with Crippen molar-refractivity contribution in [3.8, 4) is 0 Å². The monoisotopic (exact) mass is 501 g/mol. The third-order valence-electron chi connectivity index (χ3n) is 5.93. The average Bonchev–Trinajstić information content (AvgIpc) is 3.31. The normalized spacial score (nSPS) is 17.7. The van der Waals surface area contributed by atoms with Gasteiger partial charge < -0.3 is 14.0 Å². The van der Waals surface area contributed by atoms with Crippen LogP contribution in [0.25, 0.3) is 22.1 Å². The Labute approximate surface area is 191 Å². The topological polar surface area (TPSA) is 84.1 Å². The molecular formula is C22H21BrFN5O3. The lowest BCUT2D eigenvalue weighted by Crippen LogP contribution is -2.32. The van der Waals surface area contributed by atoms with E-state index in [9.17, 15) is 4.79 Å². The fourth-order valence-corrected chi connectivity index (χ4v) is 4.91. The van der Waals surface area contributed by atoms with E-state index in [1.807, 2.05) is 10.6 Å². The van der Waals surface area contributed by atoms with Gasteiger partial charge in [-0.15, -0.1) is 0 Å². The van der Waals surface area contributed by atoms with E-state index in [1.165, 1.54) is 13.3 Å². The van der Waals surface area contributed by atoms with E-state index in [2.05, 4.69) is 31.0 Å². The quantitative estimate of drug-likeness (QED) is 0.390. The second-order valence-corrected chi connectivity index (χ2v) is 8.72. The summed E-state index contributed by atoms with van der Waals surface area (Å²) in [7, 11) is 3.07. The first-order chi connectivity index (χ1) is 15.5. The third-order valence-corrected chi connectivity index (χ3v) is 6.36. The molecule has 0 aromatic carbocycles. The number of nitrogens with zero attached hydrogens (tertiary/aromatic N) is 5. The number of pyridine rings is 2. The van der Waals surface area contributed by atoms with Crippen LogP contribution >= 0.6 is 15.9 Å². The van der Waals surface area contributed by atoms with Crippen molar-refractivity contribution in [2.75, 3.05) is 13.7 Å². The molecule has 0 saturated carbocycles. The third kappa shape index (κ3) is 3.29. The highest BCUT2D eigenvalue weighted by Crippen LogP contribution is 2.40. The molecule has 4 aromatic rings. The van der Waals surface area contributed by atoms with Crippen LogP contribution in [0.15, 0.2) is 35.2 Å². The standard InChI is InChI=1S/C22H21BrFN5O3/c1-28-20-17-15(9-12(23)10-26-17)29(21(20)18(27-28)22(30)31-2)19(16-5-3-4-8-32-16)13-6-7-25-11-14(13)24/h6-7,9-11,16,19H,3-5,8H2,1-2H3. The van der Waals surface area contributed by atoms with E-state index in [-0.39, 0.29) is 11.8 Å². The van der Waals surface area contributed by atoms with Crippen molar-refractivity contribution >= 4 is 44.0 Å². The summed E-state index contributed by atoms with van der Waals surface area (Å²) in [5.74, 6) is -1.01. The van der Waals surface area contributed by atoms with E-state index in [0.717, 1.165) is 29.3 Å². The summed E-state index contributed by atoms with van der Waals surface area (Å²) < 4.78 is 30.6. The van der Waals surface area contributed by atoms with Gasteiger partial charge in [0.2, 0.25) is 0 Å². The lowest BCUT2D eigenvalue weighted by Gasteiger charge is -2.33. The average molecular weight is 502 g/mol. The molecule has 166 valence electrons. The lowest BCUT2D eigenvalue weighted by molar-refractivity contribution is -0.00629. The van der Waals surface area contributed by atoms with Crippen LogP contribution in [0.4, 0.5) is 4.39 Å². The van der Waals surface area contributed by atoms with Crippen molar-refractivity contribution < 1.29 is 18.7 Å². The first-order valence-electron chi connectivity index (χ1n) is 10.3. The number of ether oxygens (including phenoxy) is 2. The SMILES string of the molecule is COC(=O)c1nn(C)c2c3ncc(Br)cc3n(C(c3ccncc3F)C3CCCCO3)c12. The Bertz CT molecular complexity index is 1330. The fraction of sp³-hybridized carbons (Fsp3) is 0.364. The number of fused-ring (bicyclic) bond motifs is 3. The van der Waals surface area contributed by atoms with Gasteiger partial charge in [-0.25, -0.2) is 9.18 Å². The van der Waals surface area contributed by atoms with Crippen LogP contribution in [0, 0.1) is 5.82 Å². The molecule has 0 spiro atoms. The number of aromatic nitrogens is 5. The molecule has 4 aromatic heterocycles. The summed E-state index contributed by atoms with van der Waals surface area (Å²) in [4.78, 5) is 21.2. The number of hydrogen-bond acceptors (Lipinski definition) is 6. The maximum atomic E-state index is 15.1. The minimum absolute atomic E-state index is 0.148. The molecule has 32 heavy (non-hydrogen) atoms. The van der Waals surface area contributed by atoms with Gasteiger partial charge in [-0.05, 0) is 47.3 Å². The van der Waals surface area contributed by atoms with Crippen LogP contribution < -0.4 is 0 Å².